The molecule has 0 saturated heterocycles. The van der Waals surface area contributed by atoms with E-state index in [0.29, 0.717) is 5.69 Å². The van der Waals surface area contributed by atoms with E-state index in [1.165, 1.54) is 12.3 Å². The minimum atomic E-state index is -0.166. The summed E-state index contributed by atoms with van der Waals surface area (Å²) in [5.41, 5.74) is 3.45. The topological polar surface area (TPSA) is 74.8 Å². The largest absolute Gasteiger partial charge is 0.326 e. The van der Waals surface area contributed by atoms with Crippen LogP contribution in [-0.4, -0.2) is 21.9 Å². The van der Waals surface area contributed by atoms with Crippen LogP contribution in [0.2, 0.25) is 0 Å². The van der Waals surface area contributed by atoms with Crippen molar-refractivity contribution in [3.05, 3.63) is 60.7 Å². The van der Waals surface area contributed by atoms with E-state index in [9.17, 15) is 9.59 Å². The van der Waals surface area contributed by atoms with Crippen molar-refractivity contribution >= 4 is 39.1 Å². The van der Waals surface area contributed by atoms with Crippen LogP contribution in [0.15, 0.2) is 60.7 Å². The Bertz CT molecular complexity index is 1160. The average Bonchev–Trinajstić information content (AvgIpc) is 3.09. The van der Waals surface area contributed by atoms with Gasteiger partial charge in [0.1, 0.15) is 5.78 Å². The second kappa shape index (κ2) is 7.03. The molecule has 0 aliphatic heterocycles. The van der Waals surface area contributed by atoms with Gasteiger partial charge in [0, 0.05) is 29.5 Å². The SMILES string of the molecule is CC(=O)CCC(=O)Nc1ccc2[nH]nc(-c3ccc4ccccc4c3)c2c1. The number of Topliss-reactive ketones (excluding diaryl/α,β-unsaturated/α-hetero) is 1. The Morgan fingerprint density at radius 2 is 1.78 bits per heavy atom. The molecular weight excluding hydrogens is 338 g/mol. The van der Waals surface area contributed by atoms with Crippen LogP contribution >= 0.6 is 0 Å². The molecule has 4 rings (SSSR count). The Labute approximate surface area is 156 Å². The summed E-state index contributed by atoms with van der Waals surface area (Å²) >= 11 is 0. The van der Waals surface area contributed by atoms with Crippen LogP contribution in [0, 0.1) is 0 Å². The van der Waals surface area contributed by atoms with Crippen molar-refractivity contribution in [3.8, 4) is 11.3 Å². The summed E-state index contributed by atoms with van der Waals surface area (Å²) in [5, 5.41) is 13.6. The van der Waals surface area contributed by atoms with Gasteiger partial charge in [0.15, 0.2) is 0 Å². The van der Waals surface area contributed by atoms with E-state index in [1.807, 2.05) is 30.3 Å². The predicted octanol–water partition coefficient (Wildman–Crippen LogP) is 4.69. The van der Waals surface area contributed by atoms with E-state index in [1.54, 1.807) is 0 Å². The number of carbonyl (C=O) groups excluding carboxylic acids is 2. The molecule has 0 aliphatic carbocycles. The third kappa shape index (κ3) is 3.58. The third-order valence-electron chi connectivity index (χ3n) is 4.57. The predicted molar refractivity (Wildman–Crippen MR) is 108 cm³/mol. The number of ketones is 1. The highest BCUT2D eigenvalue weighted by atomic mass is 16.2. The van der Waals surface area contributed by atoms with E-state index < -0.39 is 0 Å². The van der Waals surface area contributed by atoms with Crippen LogP contribution in [0.4, 0.5) is 5.69 Å². The Kier molecular flexibility index (Phi) is 4.42. The molecule has 3 aromatic carbocycles. The Morgan fingerprint density at radius 3 is 2.59 bits per heavy atom. The number of rotatable bonds is 5. The summed E-state index contributed by atoms with van der Waals surface area (Å²) in [7, 11) is 0. The number of carbonyl (C=O) groups is 2. The zero-order valence-corrected chi connectivity index (χ0v) is 15.0. The molecule has 134 valence electrons. The van der Waals surface area contributed by atoms with Crippen LogP contribution in [0.5, 0.6) is 0 Å². The highest BCUT2D eigenvalue weighted by molar-refractivity contribution is 6.00. The molecule has 0 fully saturated rings. The van der Waals surface area contributed by atoms with Crippen molar-refractivity contribution < 1.29 is 9.59 Å². The van der Waals surface area contributed by atoms with Gasteiger partial charge in [-0.1, -0.05) is 36.4 Å². The molecular formula is C22H19N3O2. The molecule has 1 aromatic heterocycles. The quantitative estimate of drug-likeness (QED) is 0.544. The van der Waals surface area contributed by atoms with Crippen molar-refractivity contribution in [1.82, 2.24) is 10.2 Å². The van der Waals surface area contributed by atoms with Crippen molar-refractivity contribution in [3.63, 3.8) is 0 Å². The summed E-state index contributed by atoms with van der Waals surface area (Å²) < 4.78 is 0. The lowest BCUT2D eigenvalue weighted by molar-refractivity contribution is -0.121. The number of amides is 1. The highest BCUT2D eigenvalue weighted by Crippen LogP contribution is 2.30. The number of H-pyrrole nitrogens is 1. The first-order chi connectivity index (χ1) is 13.1. The van der Waals surface area contributed by atoms with Gasteiger partial charge in [-0.3, -0.25) is 9.89 Å². The molecule has 27 heavy (non-hydrogen) atoms. The van der Waals surface area contributed by atoms with Crippen LogP contribution in [0.1, 0.15) is 19.8 Å². The lowest BCUT2D eigenvalue weighted by Crippen LogP contribution is -2.12. The highest BCUT2D eigenvalue weighted by Gasteiger charge is 2.11. The molecule has 4 aromatic rings. The summed E-state index contributed by atoms with van der Waals surface area (Å²) in [6, 6.07) is 20.1. The lowest BCUT2D eigenvalue weighted by Gasteiger charge is -2.06. The van der Waals surface area contributed by atoms with Crippen LogP contribution in [0.3, 0.4) is 0 Å². The summed E-state index contributed by atoms with van der Waals surface area (Å²) in [4.78, 5) is 23.0. The van der Waals surface area contributed by atoms with Gasteiger partial charge in [0.05, 0.1) is 11.2 Å². The van der Waals surface area contributed by atoms with Gasteiger partial charge in [-0.2, -0.15) is 5.10 Å². The molecule has 0 saturated carbocycles. The second-order valence-corrected chi connectivity index (χ2v) is 6.64. The van der Waals surface area contributed by atoms with E-state index in [4.69, 9.17) is 0 Å². The normalized spacial score (nSPS) is 11.0. The van der Waals surface area contributed by atoms with Gasteiger partial charge in [0.25, 0.3) is 0 Å². The number of aromatic nitrogens is 2. The maximum atomic E-state index is 12.0. The minimum Gasteiger partial charge on any atom is -0.326 e. The van der Waals surface area contributed by atoms with E-state index in [-0.39, 0.29) is 24.5 Å². The third-order valence-corrected chi connectivity index (χ3v) is 4.57. The Morgan fingerprint density at radius 1 is 0.963 bits per heavy atom. The van der Waals surface area contributed by atoms with Gasteiger partial charge < -0.3 is 10.1 Å². The smallest absolute Gasteiger partial charge is 0.224 e. The zero-order valence-electron chi connectivity index (χ0n) is 15.0. The van der Waals surface area contributed by atoms with E-state index in [0.717, 1.165) is 27.5 Å². The van der Waals surface area contributed by atoms with Crippen LogP contribution < -0.4 is 5.32 Å². The number of aromatic amines is 1. The maximum absolute atomic E-state index is 12.0. The molecule has 5 nitrogen and oxygen atoms in total. The maximum Gasteiger partial charge on any atom is 0.224 e. The molecule has 0 bridgehead atoms. The molecule has 1 heterocycles. The number of nitrogens with zero attached hydrogens (tertiary/aromatic N) is 1. The second-order valence-electron chi connectivity index (χ2n) is 6.64. The number of nitrogens with one attached hydrogen (secondary N) is 2. The monoisotopic (exact) mass is 357 g/mol. The van der Waals surface area contributed by atoms with Gasteiger partial charge >= 0.3 is 0 Å². The van der Waals surface area contributed by atoms with Crippen molar-refractivity contribution in [1.29, 1.82) is 0 Å². The standard InChI is InChI=1S/C22H19N3O2/c1-14(26)6-11-21(27)23-18-9-10-20-19(13-18)22(25-24-20)17-8-7-15-4-2-3-5-16(15)12-17/h2-5,7-10,12-13H,6,11H2,1H3,(H,23,27)(H,24,25). The number of benzene rings is 3. The molecule has 0 atom stereocenters. The van der Waals surface area contributed by atoms with Gasteiger partial charge in [0.2, 0.25) is 5.91 Å². The van der Waals surface area contributed by atoms with E-state index in [2.05, 4.69) is 45.8 Å². The number of hydrogen-bond donors (Lipinski definition) is 2. The number of fused-ring (bicyclic) bond motifs is 2. The van der Waals surface area contributed by atoms with Crippen LogP contribution in [-0.2, 0) is 9.59 Å². The molecule has 0 aliphatic rings. The summed E-state index contributed by atoms with van der Waals surface area (Å²) in [5.74, 6) is -0.158. The Hall–Kier alpha value is -3.47. The first-order valence-electron chi connectivity index (χ1n) is 8.87. The fraction of sp³-hybridized carbons (Fsp3) is 0.136. The van der Waals surface area contributed by atoms with Crippen LogP contribution in [0.25, 0.3) is 32.9 Å². The summed E-state index contributed by atoms with van der Waals surface area (Å²) in [6.45, 7) is 1.49. The minimum absolute atomic E-state index is 0.00836. The van der Waals surface area contributed by atoms with E-state index >= 15 is 0 Å². The molecule has 0 unspecified atom stereocenters. The lowest BCUT2D eigenvalue weighted by atomic mass is 10.0. The number of hydrogen-bond acceptors (Lipinski definition) is 3. The molecule has 2 N–H and O–H groups in total. The average molecular weight is 357 g/mol. The van der Waals surface area contributed by atoms with Gasteiger partial charge in [-0.25, -0.2) is 0 Å². The first-order valence-corrected chi connectivity index (χ1v) is 8.87. The van der Waals surface area contributed by atoms with Gasteiger partial charge in [-0.15, -0.1) is 0 Å². The molecule has 5 heteroatoms. The summed E-state index contributed by atoms with van der Waals surface area (Å²) in [6.07, 6.45) is 0.443. The van der Waals surface area contributed by atoms with Crippen molar-refractivity contribution in [2.45, 2.75) is 19.8 Å². The molecule has 1 amide bonds. The van der Waals surface area contributed by atoms with Gasteiger partial charge in [-0.05, 0) is 42.0 Å². The number of anilines is 1. The van der Waals surface area contributed by atoms with Crippen molar-refractivity contribution in [2.75, 3.05) is 5.32 Å². The van der Waals surface area contributed by atoms with Crippen molar-refractivity contribution in [2.24, 2.45) is 0 Å². The fourth-order valence-corrected chi connectivity index (χ4v) is 3.16. The Balaban J connectivity index is 1.67. The fourth-order valence-electron chi connectivity index (χ4n) is 3.16. The zero-order chi connectivity index (χ0) is 18.8. The first kappa shape index (κ1) is 17.0. The molecule has 0 radical (unpaired) electrons. The molecule has 0 spiro atoms.